The summed E-state index contributed by atoms with van der Waals surface area (Å²) in [6.07, 6.45) is 1.88. The van der Waals surface area contributed by atoms with Gasteiger partial charge in [0.15, 0.2) is 5.82 Å². The lowest BCUT2D eigenvalue weighted by atomic mass is 9.95. The topological polar surface area (TPSA) is 209 Å². The van der Waals surface area contributed by atoms with Crippen LogP contribution in [0.1, 0.15) is 46.4 Å². The van der Waals surface area contributed by atoms with Crippen molar-refractivity contribution < 1.29 is 33.8 Å². The van der Waals surface area contributed by atoms with Crippen LogP contribution in [-0.2, 0) is 19.1 Å². The number of aromatic nitrogens is 2. The van der Waals surface area contributed by atoms with Crippen molar-refractivity contribution in [2.24, 2.45) is 5.92 Å². The van der Waals surface area contributed by atoms with Crippen LogP contribution in [0, 0.1) is 5.92 Å². The molecular formula is C34H36N8O7. The van der Waals surface area contributed by atoms with E-state index in [1.807, 2.05) is 4.90 Å². The summed E-state index contributed by atoms with van der Waals surface area (Å²) in [5.74, 6) is -2.26. The number of phenolic OH excluding ortho intramolecular Hbond substituents is 1. The highest BCUT2D eigenvalue weighted by Crippen LogP contribution is 2.34. The molecule has 2 fully saturated rings. The Morgan fingerprint density at radius 3 is 2.53 bits per heavy atom. The molecule has 0 bridgehead atoms. The van der Waals surface area contributed by atoms with Crippen LogP contribution in [0.25, 0.3) is 11.3 Å². The molecule has 15 heteroatoms. The minimum absolute atomic E-state index is 0.0233. The molecule has 4 heterocycles. The molecule has 5 amide bonds. The van der Waals surface area contributed by atoms with Gasteiger partial charge in [0, 0.05) is 36.8 Å². The summed E-state index contributed by atoms with van der Waals surface area (Å²) in [5, 5.41) is 26.5. The fourth-order valence-electron chi connectivity index (χ4n) is 6.29. The quantitative estimate of drug-likeness (QED) is 0.155. The lowest BCUT2D eigenvalue weighted by Gasteiger charge is -2.33. The summed E-state index contributed by atoms with van der Waals surface area (Å²) in [6.45, 7) is 4.79. The fraction of sp³-hybridized carbons (Fsp3) is 0.324. The molecule has 1 aromatic heterocycles. The number of nitrogen functional groups attached to an aromatic ring is 1. The van der Waals surface area contributed by atoms with Crippen molar-refractivity contribution in [2.75, 3.05) is 48.8 Å². The zero-order valence-corrected chi connectivity index (χ0v) is 26.6. The van der Waals surface area contributed by atoms with E-state index in [9.17, 15) is 29.1 Å². The van der Waals surface area contributed by atoms with Gasteiger partial charge in [0.05, 0.1) is 34.8 Å². The number of hydrogen-bond donors (Lipinski definition) is 5. The van der Waals surface area contributed by atoms with Crippen LogP contribution in [0.4, 0.5) is 17.2 Å². The Morgan fingerprint density at radius 1 is 1.02 bits per heavy atom. The number of ether oxygens (including phenoxy) is 1. The summed E-state index contributed by atoms with van der Waals surface area (Å²) in [7, 11) is 0. The van der Waals surface area contributed by atoms with Crippen LogP contribution in [0.2, 0.25) is 0 Å². The number of imide groups is 1. The highest BCUT2D eigenvalue weighted by molar-refractivity contribution is 6.25. The first-order chi connectivity index (χ1) is 23.6. The lowest BCUT2D eigenvalue weighted by Crippen LogP contribution is -2.51. The number of para-hydroxylation sites is 1. The van der Waals surface area contributed by atoms with Gasteiger partial charge < -0.3 is 36.4 Å². The highest BCUT2D eigenvalue weighted by Gasteiger charge is 2.45. The van der Waals surface area contributed by atoms with Crippen LogP contribution in [0.15, 0.2) is 60.8 Å². The summed E-state index contributed by atoms with van der Waals surface area (Å²) >= 11 is 0. The van der Waals surface area contributed by atoms with Gasteiger partial charge in [-0.05, 0) is 56.0 Å². The number of fused-ring (bicyclic) bond motifs is 1. The highest BCUT2D eigenvalue weighted by atomic mass is 16.5. The summed E-state index contributed by atoms with van der Waals surface area (Å²) in [4.78, 5) is 67.3. The van der Waals surface area contributed by atoms with Crippen LogP contribution in [-0.4, -0.2) is 88.6 Å². The Labute approximate surface area is 281 Å². The van der Waals surface area contributed by atoms with Crippen molar-refractivity contribution in [1.29, 1.82) is 0 Å². The Kier molecular flexibility index (Phi) is 9.53. The van der Waals surface area contributed by atoms with Gasteiger partial charge in [0.25, 0.3) is 11.8 Å². The van der Waals surface area contributed by atoms with Crippen molar-refractivity contribution in [2.45, 2.75) is 31.7 Å². The average Bonchev–Trinajstić information content (AvgIpc) is 3.34. The monoisotopic (exact) mass is 668 g/mol. The molecule has 15 nitrogen and oxygen atoms in total. The predicted molar refractivity (Wildman–Crippen MR) is 178 cm³/mol. The number of rotatable bonds is 10. The molecule has 6 rings (SSSR count). The van der Waals surface area contributed by atoms with E-state index >= 15 is 0 Å². The second-order valence-corrected chi connectivity index (χ2v) is 12.0. The number of carbonyl (C=O) groups excluding carboxylic acids is 5. The van der Waals surface area contributed by atoms with Crippen molar-refractivity contribution >= 4 is 46.7 Å². The first-order valence-corrected chi connectivity index (χ1v) is 15.9. The molecule has 0 saturated carbocycles. The number of anilines is 3. The maximum Gasteiger partial charge on any atom is 0.264 e. The molecule has 254 valence electrons. The maximum atomic E-state index is 13.3. The van der Waals surface area contributed by atoms with E-state index in [1.165, 1.54) is 12.1 Å². The van der Waals surface area contributed by atoms with E-state index in [4.69, 9.17) is 10.5 Å². The zero-order chi connectivity index (χ0) is 34.7. The van der Waals surface area contributed by atoms with Crippen molar-refractivity contribution in [3.05, 3.63) is 71.9 Å². The molecule has 0 aliphatic carbocycles. The Morgan fingerprint density at radius 2 is 1.78 bits per heavy atom. The van der Waals surface area contributed by atoms with Gasteiger partial charge in [0.2, 0.25) is 17.7 Å². The second kappa shape index (κ2) is 14.1. The minimum Gasteiger partial charge on any atom is -0.507 e. The van der Waals surface area contributed by atoms with Crippen molar-refractivity contribution in [3.8, 4) is 17.0 Å². The van der Waals surface area contributed by atoms with Crippen LogP contribution in [0.5, 0.6) is 5.75 Å². The number of nitrogens with zero attached hydrogens (tertiary/aromatic N) is 4. The van der Waals surface area contributed by atoms with Gasteiger partial charge in [-0.2, -0.15) is 0 Å². The molecule has 3 aliphatic heterocycles. The van der Waals surface area contributed by atoms with Crippen LogP contribution < -0.4 is 26.6 Å². The molecule has 49 heavy (non-hydrogen) atoms. The molecule has 0 radical (unpaired) electrons. The average molecular weight is 669 g/mol. The SMILES string of the molecule is C=C1CCC(N2C(=O)c3cccc(NC(=O)COCCNC(=O)C4CCN(c5cc(-c6ccccc6O)nnc5N)CC4)c3C2=O)C(=O)N1. The van der Waals surface area contributed by atoms with E-state index in [-0.39, 0.29) is 66.4 Å². The second-order valence-electron chi connectivity index (χ2n) is 12.0. The molecule has 1 atom stereocenters. The third-order valence-electron chi connectivity index (χ3n) is 8.82. The maximum absolute atomic E-state index is 13.3. The van der Waals surface area contributed by atoms with Gasteiger partial charge in [0.1, 0.15) is 18.4 Å². The van der Waals surface area contributed by atoms with E-state index in [0.29, 0.717) is 55.0 Å². The smallest absolute Gasteiger partial charge is 0.264 e. The molecular weight excluding hydrogens is 632 g/mol. The number of aromatic hydroxyl groups is 1. The third kappa shape index (κ3) is 6.92. The normalized spacial score (nSPS) is 17.9. The number of allylic oxidation sites excluding steroid dienone is 1. The number of phenols is 1. The number of amides is 5. The van der Waals surface area contributed by atoms with E-state index in [2.05, 4.69) is 32.7 Å². The van der Waals surface area contributed by atoms with Gasteiger partial charge in [-0.25, -0.2) is 0 Å². The van der Waals surface area contributed by atoms with Crippen LogP contribution >= 0.6 is 0 Å². The molecule has 2 saturated heterocycles. The van der Waals surface area contributed by atoms with Gasteiger partial charge in [-0.3, -0.25) is 28.9 Å². The van der Waals surface area contributed by atoms with Crippen molar-refractivity contribution in [3.63, 3.8) is 0 Å². The predicted octanol–water partition coefficient (Wildman–Crippen LogP) is 1.81. The first kappa shape index (κ1) is 33.1. The molecule has 1 unspecified atom stereocenters. The first-order valence-electron chi connectivity index (χ1n) is 15.9. The number of nitrogens with two attached hydrogens (primary N) is 1. The molecule has 0 spiro atoms. The standard InChI is InChI=1S/C34H36N8O7/c1-19-9-10-25(32(46)37-19)42-33(47)22-6-4-7-23(29(22)34(42)48)38-28(44)18-49-16-13-36-31(45)20-11-14-41(15-12-20)26-17-24(39-40-30(26)35)21-5-2-3-8-27(21)43/h2-8,17,20,25,43H,1,9-16,18H2,(H2,35,40)(H,36,45)(H,37,46)(H,38,44). The summed E-state index contributed by atoms with van der Waals surface area (Å²) in [5.41, 5.74) is 8.65. The van der Waals surface area contributed by atoms with E-state index in [1.54, 1.807) is 36.4 Å². The van der Waals surface area contributed by atoms with Gasteiger partial charge >= 0.3 is 0 Å². The number of carbonyl (C=O) groups is 5. The molecule has 3 aliphatic rings. The molecule has 6 N–H and O–H groups in total. The largest absolute Gasteiger partial charge is 0.507 e. The number of hydrogen-bond acceptors (Lipinski definition) is 11. The lowest BCUT2D eigenvalue weighted by molar-refractivity contribution is -0.126. The zero-order valence-electron chi connectivity index (χ0n) is 26.6. The third-order valence-corrected chi connectivity index (χ3v) is 8.82. The Hall–Kier alpha value is -5.83. The number of benzene rings is 2. The van der Waals surface area contributed by atoms with Gasteiger partial charge in [-0.1, -0.05) is 24.8 Å². The van der Waals surface area contributed by atoms with Crippen molar-refractivity contribution in [1.82, 2.24) is 25.7 Å². The molecule has 3 aromatic rings. The Balaban J connectivity index is 0.942. The fourth-order valence-corrected chi connectivity index (χ4v) is 6.29. The van der Waals surface area contributed by atoms with Crippen LogP contribution in [0.3, 0.4) is 0 Å². The Bertz CT molecular complexity index is 1840. The van der Waals surface area contributed by atoms with E-state index < -0.39 is 29.7 Å². The number of piperidine rings is 2. The van der Waals surface area contributed by atoms with Gasteiger partial charge in [-0.15, -0.1) is 10.2 Å². The molecule has 2 aromatic carbocycles. The van der Waals surface area contributed by atoms with E-state index in [0.717, 1.165) is 4.90 Å². The minimum atomic E-state index is -0.964. The summed E-state index contributed by atoms with van der Waals surface area (Å²) < 4.78 is 5.45. The summed E-state index contributed by atoms with van der Waals surface area (Å²) in [6, 6.07) is 12.2. The number of nitrogens with one attached hydrogen (secondary N) is 3.